The molecule has 1 saturated heterocycles. The highest BCUT2D eigenvalue weighted by atomic mass is 19.1. The third-order valence-corrected chi connectivity index (χ3v) is 4.52. The van der Waals surface area contributed by atoms with Gasteiger partial charge in [-0.3, -0.25) is 4.90 Å². The number of rotatable bonds is 3. The lowest BCUT2D eigenvalue weighted by Gasteiger charge is -2.42. The largest absolute Gasteiger partial charge is 0.329 e. The summed E-state index contributed by atoms with van der Waals surface area (Å²) in [5.74, 6) is -0.0275. The summed E-state index contributed by atoms with van der Waals surface area (Å²) in [6.07, 6.45) is 2.10. The Labute approximate surface area is 120 Å². The van der Waals surface area contributed by atoms with Crippen molar-refractivity contribution < 1.29 is 8.78 Å². The minimum atomic E-state index is -0.345. The average Bonchev–Trinajstić information content (AvgIpc) is 2.42. The first-order chi connectivity index (χ1) is 9.43. The summed E-state index contributed by atoms with van der Waals surface area (Å²) < 4.78 is 27.8. The summed E-state index contributed by atoms with van der Waals surface area (Å²) >= 11 is 0. The highest BCUT2D eigenvalue weighted by Crippen LogP contribution is 2.32. The third kappa shape index (κ3) is 3.01. The van der Waals surface area contributed by atoms with Gasteiger partial charge in [0.05, 0.1) is 0 Å². The lowest BCUT2D eigenvalue weighted by molar-refractivity contribution is 0.0816. The summed E-state index contributed by atoms with van der Waals surface area (Å²) in [4.78, 5) is 2.22. The second kappa shape index (κ2) is 6.19. The molecule has 1 aliphatic heterocycles. The summed E-state index contributed by atoms with van der Waals surface area (Å²) in [5, 5.41) is 0. The predicted molar refractivity (Wildman–Crippen MR) is 77.5 cm³/mol. The van der Waals surface area contributed by atoms with Crippen LogP contribution in [0, 0.1) is 24.5 Å². The molecule has 2 N–H and O–H groups in total. The maximum absolute atomic E-state index is 14.1. The molecule has 20 heavy (non-hydrogen) atoms. The lowest BCUT2D eigenvalue weighted by Crippen LogP contribution is -2.47. The zero-order valence-electron chi connectivity index (χ0n) is 12.5. The molecule has 0 aromatic heterocycles. The normalized spacial score (nSPS) is 25.7. The van der Waals surface area contributed by atoms with Gasteiger partial charge in [0.2, 0.25) is 0 Å². The molecule has 0 radical (unpaired) electrons. The van der Waals surface area contributed by atoms with Crippen LogP contribution in [-0.2, 0) is 0 Å². The van der Waals surface area contributed by atoms with Crippen LogP contribution in [0.2, 0.25) is 0 Å². The second-order valence-corrected chi connectivity index (χ2v) is 6.06. The van der Waals surface area contributed by atoms with Crippen molar-refractivity contribution in [2.45, 2.75) is 45.7 Å². The van der Waals surface area contributed by atoms with Gasteiger partial charge < -0.3 is 5.73 Å². The highest BCUT2D eigenvalue weighted by Gasteiger charge is 2.30. The van der Waals surface area contributed by atoms with E-state index in [2.05, 4.69) is 11.8 Å². The molecule has 0 amide bonds. The minimum absolute atomic E-state index is 0.147. The molecule has 0 spiro atoms. The Balaban J connectivity index is 2.26. The van der Waals surface area contributed by atoms with Gasteiger partial charge in [0.15, 0.2) is 0 Å². The Kier molecular flexibility index (Phi) is 4.76. The maximum atomic E-state index is 14.1. The van der Waals surface area contributed by atoms with E-state index < -0.39 is 0 Å². The molecule has 4 heteroatoms. The van der Waals surface area contributed by atoms with Crippen LogP contribution >= 0.6 is 0 Å². The van der Waals surface area contributed by atoms with E-state index in [-0.39, 0.29) is 23.7 Å². The van der Waals surface area contributed by atoms with Crippen molar-refractivity contribution >= 4 is 0 Å². The number of hydrogen-bond acceptors (Lipinski definition) is 2. The lowest BCUT2D eigenvalue weighted by atomic mass is 9.90. The highest BCUT2D eigenvalue weighted by molar-refractivity contribution is 5.27. The van der Waals surface area contributed by atoms with Gasteiger partial charge in [0.1, 0.15) is 11.6 Å². The molecule has 1 heterocycles. The molecule has 2 rings (SSSR count). The van der Waals surface area contributed by atoms with Crippen molar-refractivity contribution in [2.75, 3.05) is 13.1 Å². The van der Waals surface area contributed by atoms with Gasteiger partial charge >= 0.3 is 0 Å². The quantitative estimate of drug-likeness (QED) is 0.920. The van der Waals surface area contributed by atoms with E-state index >= 15 is 0 Å². The summed E-state index contributed by atoms with van der Waals surface area (Å²) in [6.45, 7) is 7.19. The summed E-state index contributed by atoms with van der Waals surface area (Å²) in [7, 11) is 0. The number of benzene rings is 1. The molecule has 1 aromatic carbocycles. The fraction of sp³-hybridized carbons (Fsp3) is 0.625. The van der Waals surface area contributed by atoms with Crippen LogP contribution in [0.15, 0.2) is 12.1 Å². The third-order valence-electron chi connectivity index (χ3n) is 4.52. The SMILES string of the molecule is Cc1cc(F)c(C(C)N2CCC(C)CC2CN)cc1F. The van der Waals surface area contributed by atoms with Gasteiger partial charge in [-0.25, -0.2) is 8.78 Å². The van der Waals surface area contributed by atoms with E-state index in [0.717, 1.165) is 19.4 Å². The number of hydrogen-bond donors (Lipinski definition) is 1. The van der Waals surface area contributed by atoms with Crippen LogP contribution in [0.1, 0.15) is 43.9 Å². The molecule has 3 unspecified atom stereocenters. The molecular weight excluding hydrogens is 258 g/mol. The number of piperidine rings is 1. The van der Waals surface area contributed by atoms with E-state index in [9.17, 15) is 8.78 Å². The first kappa shape index (κ1) is 15.4. The van der Waals surface area contributed by atoms with E-state index in [4.69, 9.17) is 5.73 Å². The zero-order chi connectivity index (χ0) is 14.9. The van der Waals surface area contributed by atoms with Gasteiger partial charge in [0.25, 0.3) is 0 Å². The van der Waals surface area contributed by atoms with Crippen molar-refractivity contribution in [2.24, 2.45) is 11.7 Å². The summed E-state index contributed by atoms with van der Waals surface area (Å²) in [5.41, 5.74) is 6.63. The predicted octanol–water partition coefficient (Wildman–Crippen LogP) is 3.39. The molecule has 1 aliphatic rings. The van der Waals surface area contributed by atoms with Crippen molar-refractivity contribution in [1.29, 1.82) is 0 Å². The molecule has 2 nitrogen and oxygen atoms in total. The van der Waals surface area contributed by atoms with Gasteiger partial charge in [-0.15, -0.1) is 0 Å². The second-order valence-electron chi connectivity index (χ2n) is 6.06. The topological polar surface area (TPSA) is 29.3 Å². The molecular formula is C16H24F2N2. The van der Waals surface area contributed by atoms with E-state index in [1.165, 1.54) is 12.1 Å². The number of nitrogens with two attached hydrogens (primary N) is 1. The smallest absolute Gasteiger partial charge is 0.128 e. The average molecular weight is 282 g/mol. The Hall–Kier alpha value is -1.00. The van der Waals surface area contributed by atoms with Crippen LogP contribution in [0.4, 0.5) is 8.78 Å². The van der Waals surface area contributed by atoms with Gasteiger partial charge in [-0.1, -0.05) is 6.92 Å². The number of halogens is 2. The Morgan fingerprint density at radius 3 is 2.70 bits per heavy atom. The van der Waals surface area contributed by atoms with Crippen molar-refractivity contribution in [1.82, 2.24) is 4.90 Å². The van der Waals surface area contributed by atoms with Crippen LogP contribution in [-0.4, -0.2) is 24.0 Å². The number of likely N-dealkylation sites (tertiary alicyclic amines) is 1. The number of nitrogens with zero attached hydrogens (tertiary/aromatic N) is 1. The van der Waals surface area contributed by atoms with E-state index in [1.54, 1.807) is 6.92 Å². The number of aryl methyl sites for hydroxylation is 1. The molecule has 112 valence electrons. The Morgan fingerprint density at radius 2 is 2.05 bits per heavy atom. The molecule has 0 bridgehead atoms. The molecule has 0 saturated carbocycles. The van der Waals surface area contributed by atoms with E-state index in [0.29, 0.717) is 23.6 Å². The van der Waals surface area contributed by atoms with Crippen molar-refractivity contribution in [3.05, 3.63) is 34.9 Å². The van der Waals surface area contributed by atoms with E-state index in [1.807, 2.05) is 6.92 Å². The van der Waals surface area contributed by atoms with Gasteiger partial charge in [-0.2, -0.15) is 0 Å². The van der Waals surface area contributed by atoms with Crippen LogP contribution < -0.4 is 5.73 Å². The summed E-state index contributed by atoms with van der Waals surface area (Å²) in [6, 6.07) is 2.72. The fourth-order valence-electron chi connectivity index (χ4n) is 3.17. The van der Waals surface area contributed by atoms with Crippen molar-refractivity contribution in [3.63, 3.8) is 0 Å². The zero-order valence-corrected chi connectivity index (χ0v) is 12.5. The first-order valence-electron chi connectivity index (χ1n) is 7.35. The van der Waals surface area contributed by atoms with Crippen LogP contribution in [0.25, 0.3) is 0 Å². The fourth-order valence-corrected chi connectivity index (χ4v) is 3.17. The molecule has 1 aromatic rings. The minimum Gasteiger partial charge on any atom is -0.329 e. The molecule has 3 atom stereocenters. The Bertz CT molecular complexity index is 476. The molecule has 1 fully saturated rings. The maximum Gasteiger partial charge on any atom is 0.128 e. The Morgan fingerprint density at radius 1 is 1.35 bits per heavy atom. The monoisotopic (exact) mass is 282 g/mol. The molecule has 0 aliphatic carbocycles. The van der Waals surface area contributed by atoms with Crippen LogP contribution in [0.3, 0.4) is 0 Å². The van der Waals surface area contributed by atoms with Gasteiger partial charge in [0, 0.05) is 24.2 Å². The van der Waals surface area contributed by atoms with Crippen LogP contribution in [0.5, 0.6) is 0 Å². The first-order valence-corrected chi connectivity index (χ1v) is 7.35. The standard InChI is InChI=1S/C16H24F2N2/c1-10-4-5-20(13(6-10)9-19)12(3)14-8-15(17)11(2)7-16(14)18/h7-8,10,12-13H,4-6,9,19H2,1-3H3. The van der Waals surface area contributed by atoms with Crippen molar-refractivity contribution in [3.8, 4) is 0 Å². The van der Waals surface area contributed by atoms with Gasteiger partial charge in [-0.05, 0) is 56.8 Å².